The summed E-state index contributed by atoms with van der Waals surface area (Å²) >= 11 is 0. The standard InChI is InChI=1S/C17H21NO3/c1-11-6-5-7-14(10-11)12(2)18-13(3)15-8-9-16(21-15)17(19)20-4/h5-10,12-13,18H,1-4H3/t12-,13?/m0/s1. The van der Waals surface area contributed by atoms with Gasteiger partial charge in [0.05, 0.1) is 13.2 Å². The Bertz CT molecular complexity index is 618. The maximum atomic E-state index is 11.4. The topological polar surface area (TPSA) is 51.5 Å². The Kier molecular flexibility index (Phi) is 4.81. The lowest BCUT2D eigenvalue weighted by Crippen LogP contribution is -2.22. The van der Waals surface area contributed by atoms with Crippen molar-refractivity contribution < 1.29 is 13.9 Å². The van der Waals surface area contributed by atoms with E-state index in [0.717, 1.165) is 5.76 Å². The first-order chi connectivity index (χ1) is 10.0. The van der Waals surface area contributed by atoms with Gasteiger partial charge < -0.3 is 14.5 Å². The Balaban J connectivity index is 2.05. The highest BCUT2D eigenvalue weighted by Crippen LogP contribution is 2.22. The molecule has 0 fully saturated rings. The number of ether oxygens (including phenoxy) is 1. The van der Waals surface area contributed by atoms with Crippen molar-refractivity contribution in [2.45, 2.75) is 32.9 Å². The van der Waals surface area contributed by atoms with Crippen LogP contribution in [0.2, 0.25) is 0 Å². The van der Waals surface area contributed by atoms with E-state index in [1.165, 1.54) is 18.2 Å². The van der Waals surface area contributed by atoms with Gasteiger partial charge in [-0.15, -0.1) is 0 Å². The van der Waals surface area contributed by atoms with Gasteiger partial charge in [0.2, 0.25) is 5.76 Å². The van der Waals surface area contributed by atoms with Crippen molar-refractivity contribution in [2.24, 2.45) is 0 Å². The summed E-state index contributed by atoms with van der Waals surface area (Å²) in [4.78, 5) is 11.4. The summed E-state index contributed by atoms with van der Waals surface area (Å²) in [5.41, 5.74) is 2.46. The van der Waals surface area contributed by atoms with E-state index in [1.807, 2.05) is 6.92 Å². The number of methoxy groups -OCH3 is 1. The first kappa shape index (κ1) is 15.3. The van der Waals surface area contributed by atoms with Gasteiger partial charge in [0.15, 0.2) is 0 Å². The first-order valence-corrected chi connectivity index (χ1v) is 7.02. The summed E-state index contributed by atoms with van der Waals surface area (Å²) in [6.45, 7) is 6.19. The van der Waals surface area contributed by atoms with Crippen molar-refractivity contribution in [1.29, 1.82) is 0 Å². The number of furan rings is 1. The van der Waals surface area contributed by atoms with Crippen LogP contribution in [0, 0.1) is 6.92 Å². The fraction of sp³-hybridized carbons (Fsp3) is 0.353. The number of aryl methyl sites for hydroxylation is 1. The maximum Gasteiger partial charge on any atom is 0.373 e. The zero-order valence-corrected chi connectivity index (χ0v) is 12.8. The highest BCUT2D eigenvalue weighted by molar-refractivity contribution is 5.86. The third-order valence-corrected chi connectivity index (χ3v) is 3.48. The highest BCUT2D eigenvalue weighted by Gasteiger charge is 2.17. The minimum absolute atomic E-state index is 0.00100. The molecule has 1 N–H and O–H groups in total. The zero-order valence-electron chi connectivity index (χ0n) is 12.8. The van der Waals surface area contributed by atoms with Crippen molar-refractivity contribution >= 4 is 5.97 Å². The fourth-order valence-electron chi connectivity index (χ4n) is 2.29. The molecule has 21 heavy (non-hydrogen) atoms. The predicted molar refractivity (Wildman–Crippen MR) is 81.2 cm³/mol. The molecule has 0 aliphatic heterocycles. The van der Waals surface area contributed by atoms with Crippen molar-refractivity contribution in [3.63, 3.8) is 0 Å². The van der Waals surface area contributed by atoms with Crippen LogP contribution in [-0.2, 0) is 4.74 Å². The molecule has 1 unspecified atom stereocenters. The lowest BCUT2D eigenvalue weighted by molar-refractivity contribution is 0.0562. The normalized spacial score (nSPS) is 13.7. The van der Waals surface area contributed by atoms with Gasteiger partial charge in [0.1, 0.15) is 5.76 Å². The number of hydrogen-bond acceptors (Lipinski definition) is 4. The molecular formula is C17H21NO3. The van der Waals surface area contributed by atoms with Crippen molar-refractivity contribution in [2.75, 3.05) is 7.11 Å². The second-order valence-corrected chi connectivity index (χ2v) is 5.22. The minimum atomic E-state index is -0.458. The van der Waals surface area contributed by atoms with E-state index in [4.69, 9.17) is 4.42 Å². The van der Waals surface area contributed by atoms with Crippen LogP contribution in [0.4, 0.5) is 0 Å². The molecule has 4 heteroatoms. The molecule has 1 aromatic carbocycles. The van der Waals surface area contributed by atoms with Crippen LogP contribution in [0.15, 0.2) is 40.8 Å². The van der Waals surface area contributed by atoms with E-state index in [-0.39, 0.29) is 17.8 Å². The second kappa shape index (κ2) is 6.59. The van der Waals surface area contributed by atoms with Gasteiger partial charge in [-0.3, -0.25) is 0 Å². The lowest BCUT2D eigenvalue weighted by atomic mass is 10.0. The van der Waals surface area contributed by atoms with Gasteiger partial charge in [-0.05, 0) is 38.5 Å². The van der Waals surface area contributed by atoms with Crippen LogP contribution in [0.5, 0.6) is 0 Å². The van der Waals surface area contributed by atoms with Gasteiger partial charge in [-0.1, -0.05) is 29.8 Å². The molecular weight excluding hydrogens is 266 g/mol. The van der Waals surface area contributed by atoms with Crippen molar-refractivity contribution in [3.05, 3.63) is 59.0 Å². The van der Waals surface area contributed by atoms with Gasteiger partial charge in [-0.25, -0.2) is 4.79 Å². The maximum absolute atomic E-state index is 11.4. The largest absolute Gasteiger partial charge is 0.463 e. The summed E-state index contributed by atoms with van der Waals surface area (Å²) in [5, 5.41) is 3.46. The van der Waals surface area contributed by atoms with Gasteiger partial charge >= 0.3 is 5.97 Å². The number of hydrogen-bond donors (Lipinski definition) is 1. The molecule has 0 aliphatic carbocycles. The average molecular weight is 287 g/mol. The molecule has 4 nitrogen and oxygen atoms in total. The Labute approximate surface area is 125 Å². The summed E-state index contributed by atoms with van der Waals surface area (Å²) in [7, 11) is 1.34. The van der Waals surface area contributed by atoms with E-state index in [9.17, 15) is 4.79 Å². The monoisotopic (exact) mass is 287 g/mol. The number of benzene rings is 1. The van der Waals surface area contributed by atoms with Gasteiger partial charge in [0.25, 0.3) is 0 Å². The summed E-state index contributed by atoms with van der Waals surface area (Å²) in [6.07, 6.45) is 0. The Morgan fingerprint density at radius 2 is 1.95 bits per heavy atom. The molecule has 0 spiro atoms. The Morgan fingerprint density at radius 3 is 2.62 bits per heavy atom. The molecule has 2 rings (SSSR count). The van der Waals surface area contributed by atoms with E-state index in [2.05, 4.69) is 48.2 Å². The van der Waals surface area contributed by atoms with E-state index < -0.39 is 5.97 Å². The molecule has 2 aromatic rings. The predicted octanol–water partition coefficient (Wildman–Crippen LogP) is 3.79. The molecule has 2 atom stereocenters. The lowest BCUT2D eigenvalue weighted by Gasteiger charge is -2.19. The molecule has 0 bridgehead atoms. The number of carbonyl (C=O) groups is 1. The molecule has 112 valence electrons. The van der Waals surface area contributed by atoms with Crippen LogP contribution < -0.4 is 5.32 Å². The number of esters is 1. The van der Waals surface area contributed by atoms with Gasteiger partial charge in [-0.2, -0.15) is 0 Å². The number of nitrogens with one attached hydrogen (secondary N) is 1. The molecule has 1 heterocycles. The third-order valence-electron chi connectivity index (χ3n) is 3.48. The Morgan fingerprint density at radius 1 is 1.19 bits per heavy atom. The Hall–Kier alpha value is -2.07. The average Bonchev–Trinajstić information content (AvgIpc) is 2.96. The third kappa shape index (κ3) is 3.73. The molecule has 0 saturated heterocycles. The summed E-state index contributed by atoms with van der Waals surface area (Å²) < 4.78 is 10.2. The molecule has 1 aromatic heterocycles. The van der Waals surface area contributed by atoms with E-state index in [1.54, 1.807) is 12.1 Å². The number of carbonyl (C=O) groups excluding carboxylic acids is 1. The second-order valence-electron chi connectivity index (χ2n) is 5.22. The van der Waals surface area contributed by atoms with Crippen LogP contribution in [0.1, 0.15) is 53.4 Å². The van der Waals surface area contributed by atoms with Crippen molar-refractivity contribution in [1.82, 2.24) is 5.32 Å². The molecule has 0 aliphatic rings. The molecule has 0 amide bonds. The first-order valence-electron chi connectivity index (χ1n) is 7.02. The van der Waals surface area contributed by atoms with E-state index >= 15 is 0 Å². The fourth-order valence-corrected chi connectivity index (χ4v) is 2.29. The van der Waals surface area contributed by atoms with Crippen LogP contribution in [0.3, 0.4) is 0 Å². The quantitative estimate of drug-likeness (QED) is 0.850. The summed E-state index contributed by atoms with van der Waals surface area (Å²) in [6, 6.07) is 12.0. The van der Waals surface area contributed by atoms with Crippen LogP contribution in [-0.4, -0.2) is 13.1 Å². The molecule has 0 radical (unpaired) electrons. The zero-order chi connectivity index (χ0) is 15.4. The summed E-state index contributed by atoms with van der Waals surface area (Å²) in [5.74, 6) is 0.486. The highest BCUT2D eigenvalue weighted by atomic mass is 16.5. The number of rotatable bonds is 5. The smallest absolute Gasteiger partial charge is 0.373 e. The SMILES string of the molecule is COC(=O)c1ccc(C(C)N[C@@H](C)c2cccc(C)c2)o1. The van der Waals surface area contributed by atoms with Gasteiger partial charge in [0, 0.05) is 6.04 Å². The van der Waals surface area contributed by atoms with Crippen LogP contribution in [0.25, 0.3) is 0 Å². The van der Waals surface area contributed by atoms with Crippen molar-refractivity contribution in [3.8, 4) is 0 Å². The minimum Gasteiger partial charge on any atom is -0.463 e. The van der Waals surface area contributed by atoms with E-state index in [0.29, 0.717) is 0 Å². The molecule has 0 saturated carbocycles. The van der Waals surface area contributed by atoms with Crippen LogP contribution >= 0.6 is 0 Å².